The zero-order valence-corrected chi connectivity index (χ0v) is 9.60. The predicted molar refractivity (Wildman–Crippen MR) is 59.4 cm³/mol. The van der Waals surface area contributed by atoms with E-state index in [0.29, 0.717) is 5.69 Å². The Balaban J connectivity index is 2.42. The Morgan fingerprint density at radius 3 is 2.62 bits per heavy atom. The first-order chi connectivity index (χ1) is 7.52. The first-order valence-corrected chi connectivity index (χ1v) is 5.12. The third kappa shape index (κ3) is 1.53. The molecule has 0 saturated carbocycles. The highest BCUT2D eigenvalue weighted by Gasteiger charge is 2.41. The average Bonchev–Trinajstić information content (AvgIpc) is 2.44. The molecule has 16 heavy (non-hydrogen) atoms. The van der Waals surface area contributed by atoms with E-state index in [9.17, 15) is 9.59 Å². The molecule has 0 spiro atoms. The highest BCUT2D eigenvalue weighted by atomic mass is 35.5. The summed E-state index contributed by atoms with van der Waals surface area (Å²) in [5.74, 6) is -0.255. The van der Waals surface area contributed by atoms with Crippen molar-refractivity contribution in [3.63, 3.8) is 0 Å². The fourth-order valence-electron chi connectivity index (χ4n) is 1.54. The largest absolute Gasteiger partial charge is 0.331 e. The number of urea groups is 1. The summed E-state index contributed by atoms with van der Waals surface area (Å²) in [6, 6.07) is 2.27. The number of hydrogen-bond acceptors (Lipinski definition) is 3. The lowest BCUT2D eigenvalue weighted by Crippen LogP contribution is -2.31. The van der Waals surface area contributed by atoms with Gasteiger partial charge in [-0.15, -0.1) is 0 Å². The van der Waals surface area contributed by atoms with Gasteiger partial charge in [0.15, 0.2) is 0 Å². The minimum Gasteiger partial charge on any atom is -0.315 e. The molecule has 1 saturated heterocycles. The second kappa shape index (κ2) is 3.75. The molecule has 2 heterocycles. The summed E-state index contributed by atoms with van der Waals surface area (Å²) in [7, 11) is 1.59. The second-order valence-electron chi connectivity index (χ2n) is 3.58. The molecule has 0 aliphatic carbocycles. The molecule has 0 unspecified atom stereocenters. The van der Waals surface area contributed by atoms with Crippen molar-refractivity contribution in [3.8, 4) is 0 Å². The van der Waals surface area contributed by atoms with Crippen LogP contribution in [0.1, 0.15) is 6.92 Å². The molecule has 0 bridgehead atoms. The van der Waals surface area contributed by atoms with E-state index in [1.54, 1.807) is 20.0 Å². The summed E-state index contributed by atoms with van der Waals surface area (Å²) in [6.45, 7) is 1.68. The Morgan fingerprint density at radius 1 is 1.44 bits per heavy atom. The number of nitrogens with zero attached hydrogens (tertiary/aromatic N) is 3. The fourth-order valence-corrected chi connectivity index (χ4v) is 1.71. The number of amides is 3. The van der Waals surface area contributed by atoms with E-state index in [1.165, 1.54) is 17.2 Å². The van der Waals surface area contributed by atoms with Crippen LogP contribution in [0.25, 0.3) is 0 Å². The van der Waals surface area contributed by atoms with Crippen LogP contribution in [0.3, 0.4) is 0 Å². The maximum absolute atomic E-state index is 11.8. The van der Waals surface area contributed by atoms with Gasteiger partial charge in [-0.05, 0) is 19.1 Å². The minimum absolute atomic E-state index is 0.250. The maximum atomic E-state index is 11.8. The molecular formula is C10H10ClN3O2. The van der Waals surface area contributed by atoms with Gasteiger partial charge in [0.25, 0.3) is 5.91 Å². The van der Waals surface area contributed by atoms with Crippen molar-refractivity contribution in [2.75, 3.05) is 11.9 Å². The van der Waals surface area contributed by atoms with Crippen LogP contribution in [0.5, 0.6) is 0 Å². The number of imide groups is 1. The van der Waals surface area contributed by atoms with Crippen LogP contribution in [0.2, 0.25) is 5.15 Å². The summed E-state index contributed by atoms with van der Waals surface area (Å²) in [5.41, 5.74) is 0.450. The predicted octanol–water partition coefficient (Wildman–Crippen LogP) is 1.52. The lowest BCUT2D eigenvalue weighted by Gasteiger charge is -2.13. The quantitative estimate of drug-likeness (QED) is 0.552. The van der Waals surface area contributed by atoms with Crippen LogP contribution < -0.4 is 4.90 Å². The number of carbonyl (C=O) groups excluding carboxylic acids is 2. The molecule has 2 rings (SSSR count). The van der Waals surface area contributed by atoms with Gasteiger partial charge in [0.05, 0.1) is 5.69 Å². The molecule has 1 aromatic heterocycles. The van der Waals surface area contributed by atoms with Crippen molar-refractivity contribution in [3.05, 3.63) is 23.5 Å². The van der Waals surface area contributed by atoms with Crippen molar-refractivity contribution >= 4 is 29.2 Å². The Hall–Kier alpha value is -1.62. The van der Waals surface area contributed by atoms with Crippen molar-refractivity contribution in [1.82, 2.24) is 9.88 Å². The van der Waals surface area contributed by atoms with Gasteiger partial charge in [-0.25, -0.2) is 14.7 Å². The van der Waals surface area contributed by atoms with Gasteiger partial charge in [0, 0.05) is 13.2 Å². The molecule has 0 N–H and O–H groups in total. The summed E-state index contributed by atoms with van der Waals surface area (Å²) in [4.78, 5) is 29.9. The van der Waals surface area contributed by atoms with Crippen LogP contribution in [0, 0.1) is 0 Å². The van der Waals surface area contributed by atoms with Crippen molar-refractivity contribution in [1.29, 1.82) is 0 Å². The first kappa shape index (κ1) is 10.9. The van der Waals surface area contributed by atoms with E-state index in [0.717, 1.165) is 4.90 Å². The molecule has 6 heteroatoms. The zero-order valence-electron chi connectivity index (χ0n) is 8.85. The lowest BCUT2D eigenvalue weighted by atomic mass is 10.3. The number of aromatic nitrogens is 1. The SMILES string of the molecule is C[C@@H]1C(=O)N(c2ccnc(Cl)c2)C(=O)N1C. The normalized spacial score (nSPS) is 20.8. The van der Waals surface area contributed by atoms with Gasteiger partial charge in [-0.2, -0.15) is 0 Å². The Morgan fingerprint density at radius 2 is 2.12 bits per heavy atom. The van der Waals surface area contributed by atoms with Gasteiger partial charge in [0.2, 0.25) is 0 Å². The molecule has 1 aromatic rings. The first-order valence-electron chi connectivity index (χ1n) is 4.74. The number of pyridine rings is 1. The molecule has 3 amide bonds. The van der Waals surface area contributed by atoms with E-state index < -0.39 is 6.04 Å². The van der Waals surface area contributed by atoms with E-state index in [2.05, 4.69) is 4.98 Å². The standard InChI is InChI=1S/C10H10ClN3O2/c1-6-9(15)14(10(16)13(6)2)7-3-4-12-8(11)5-7/h3-6H,1-2H3/t6-/m1/s1. The number of carbonyl (C=O) groups is 2. The molecule has 1 aliphatic heterocycles. The van der Waals surface area contributed by atoms with Gasteiger partial charge in [-0.1, -0.05) is 11.6 Å². The van der Waals surface area contributed by atoms with Gasteiger partial charge < -0.3 is 4.90 Å². The smallest absolute Gasteiger partial charge is 0.315 e. The highest BCUT2D eigenvalue weighted by molar-refractivity contribution is 6.30. The number of anilines is 1. The Labute approximate surface area is 97.6 Å². The highest BCUT2D eigenvalue weighted by Crippen LogP contribution is 2.24. The second-order valence-corrected chi connectivity index (χ2v) is 3.97. The molecule has 0 radical (unpaired) electrons. The molecule has 1 aliphatic rings. The summed E-state index contributed by atoms with van der Waals surface area (Å²) in [6.07, 6.45) is 1.46. The third-order valence-electron chi connectivity index (χ3n) is 2.62. The van der Waals surface area contributed by atoms with Crippen LogP contribution in [0.15, 0.2) is 18.3 Å². The third-order valence-corrected chi connectivity index (χ3v) is 2.83. The van der Waals surface area contributed by atoms with Gasteiger partial charge in [-0.3, -0.25) is 4.79 Å². The lowest BCUT2D eigenvalue weighted by molar-refractivity contribution is -0.119. The fraction of sp³-hybridized carbons (Fsp3) is 0.300. The van der Waals surface area contributed by atoms with Gasteiger partial charge in [0.1, 0.15) is 11.2 Å². The number of halogens is 1. The van der Waals surface area contributed by atoms with E-state index in [-0.39, 0.29) is 17.1 Å². The van der Waals surface area contributed by atoms with Crippen LogP contribution in [-0.2, 0) is 4.79 Å². The average molecular weight is 240 g/mol. The minimum atomic E-state index is -0.445. The molecule has 1 atom stereocenters. The van der Waals surface area contributed by atoms with Crippen LogP contribution in [0.4, 0.5) is 10.5 Å². The number of rotatable bonds is 1. The summed E-state index contributed by atoms with van der Waals surface area (Å²) in [5, 5.41) is 0.250. The Bertz CT molecular complexity index is 443. The van der Waals surface area contributed by atoms with Gasteiger partial charge >= 0.3 is 6.03 Å². The monoisotopic (exact) mass is 239 g/mol. The Kier molecular flexibility index (Phi) is 2.55. The van der Waals surface area contributed by atoms with Crippen LogP contribution in [-0.4, -0.2) is 34.9 Å². The number of likely N-dealkylation sites (N-methyl/N-ethyl adjacent to an activating group) is 1. The molecule has 84 valence electrons. The summed E-state index contributed by atoms with van der Waals surface area (Å²) >= 11 is 5.72. The topological polar surface area (TPSA) is 53.5 Å². The van der Waals surface area contributed by atoms with E-state index in [4.69, 9.17) is 11.6 Å². The number of hydrogen-bond donors (Lipinski definition) is 0. The van der Waals surface area contributed by atoms with Crippen LogP contribution >= 0.6 is 11.6 Å². The maximum Gasteiger partial charge on any atom is 0.331 e. The van der Waals surface area contributed by atoms with Crippen molar-refractivity contribution in [2.45, 2.75) is 13.0 Å². The molecular weight excluding hydrogens is 230 g/mol. The molecule has 5 nitrogen and oxygen atoms in total. The molecule has 0 aromatic carbocycles. The van der Waals surface area contributed by atoms with Crippen molar-refractivity contribution < 1.29 is 9.59 Å². The zero-order chi connectivity index (χ0) is 11.9. The summed E-state index contributed by atoms with van der Waals surface area (Å²) < 4.78 is 0. The van der Waals surface area contributed by atoms with Crippen molar-refractivity contribution in [2.24, 2.45) is 0 Å². The van der Waals surface area contributed by atoms with E-state index >= 15 is 0 Å². The molecule has 1 fully saturated rings. The van der Waals surface area contributed by atoms with E-state index in [1.807, 2.05) is 0 Å².